The minimum Gasteiger partial charge on any atom is -0.508 e. The minimum atomic E-state index is -4.65. The molecule has 0 amide bonds. The Morgan fingerprint density at radius 2 is 1.73 bits per heavy atom. The van der Waals surface area contributed by atoms with Gasteiger partial charge in [0.05, 0.1) is 0 Å². The number of hydrogen-bond donors (Lipinski definition) is 3. The van der Waals surface area contributed by atoms with Crippen LogP contribution < -0.4 is 5.73 Å². The van der Waals surface area contributed by atoms with Crippen LogP contribution in [0.15, 0.2) is 18.2 Å². The summed E-state index contributed by atoms with van der Waals surface area (Å²) in [5.41, 5.74) is 4.30. The van der Waals surface area contributed by atoms with Gasteiger partial charge in [-0.1, -0.05) is 0 Å². The Morgan fingerprint density at radius 3 is 2.20 bits per heavy atom. The van der Waals surface area contributed by atoms with Crippen molar-refractivity contribution in [2.75, 3.05) is 0 Å². The molecule has 1 rings (SSSR count). The molecular weight excluding hydrogens is 235 g/mol. The number of alkyl halides is 3. The monoisotopic (exact) mass is 243 g/mol. The normalized spacial score (nSPS) is 13.1. The van der Waals surface area contributed by atoms with E-state index in [4.69, 9.17) is 15.9 Å². The van der Waals surface area contributed by atoms with Crippen LogP contribution in [-0.2, 0) is 0 Å². The highest BCUT2D eigenvalue weighted by atomic mass is 35.5. The maximum absolute atomic E-state index is 12.1. The third kappa shape index (κ3) is 3.17. The molecule has 0 bridgehead atoms. The van der Waals surface area contributed by atoms with Gasteiger partial charge in [-0.15, -0.1) is 12.4 Å². The molecule has 7 heteroatoms. The quantitative estimate of drug-likeness (QED) is 0.662. The first kappa shape index (κ1) is 13.9. The molecule has 0 aliphatic rings. The molecule has 0 fully saturated rings. The highest BCUT2D eigenvalue weighted by Gasteiger charge is 2.39. The zero-order chi connectivity index (χ0) is 10.9. The topological polar surface area (TPSA) is 66.5 Å². The molecule has 4 N–H and O–H groups in total. The summed E-state index contributed by atoms with van der Waals surface area (Å²) < 4.78 is 36.4. The standard InChI is InChI=1S/C8H8F3NO2.ClH/c9-8(10,11)7(12)5-3-4(13)1-2-6(5)14;/h1-3,7,13-14H,12H2;1H/t7-;/m1./s1. The largest absolute Gasteiger partial charge is 0.508 e. The van der Waals surface area contributed by atoms with Crippen molar-refractivity contribution in [1.82, 2.24) is 0 Å². The van der Waals surface area contributed by atoms with Gasteiger partial charge in [0.1, 0.15) is 17.5 Å². The molecule has 0 aliphatic heterocycles. The summed E-state index contributed by atoms with van der Waals surface area (Å²) in [6, 6.07) is 0.515. The Morgan fingerprint density at radius 1 is 1.20 bits per heavy atom. The fourth-order valence-corrected chi connectivity index (χ4v) is 0.967. The zero-order valence-corrected chi connectivity index (χ0v) is 8.14. The molecule has 0 spiro atoms. The summed E-state index contributed by atoms with van der Waals surface area (Å²) in [6.45, 7) is 0. The molecule has 1 aromatic rings. The van der Waals surface area contributed by atoms with Crippen LogP contribution in [0.4, 0.5) is 13.2 Å². The SMILES string of the molecule is Cl.N[C@H](c1cc(O)ccc1O)C(F)(F)F. The molecule has 0 saturated heterocycles. The molecule has 1 atom stereocenters. The van der Waals surface area contributed by atoms with Gasteiger partial charge in [0.2, 0.25) is 0 Å². The average Bonchev–Trinajstić information content (AvgIpc) is 2.06. The first-order chi connectivity index (χ1) is 6.32. The van der Waals surface area contributed by atoms with Crippen LogP contribution in [0.25, 0.3) is 0 Å². The van der Waals surface area contributed by atoms with Crippen LogP contribution in [0.5, 0.6) is 11.5 Å². The number of rotatable bonds is 1. The van der Waals surface area contributed by atoms with Gasteiger partial charge in [-0.25, -0.2) is 0 Å². The van der Waals surface area contributed by atoms with Gasteiger partial charge >= 0.3 is 6.18 Å². The summed E-state index contributed by atoms with van der Waals surface area (Å²) in [5.74, 6) is -0.967. The number of halogens is 4. The molecule has 15 heavy (non-hydrogen) atoms. The summed E-state index contributed by atoms with van der Waals surface area (Å²) in [6.07, 6.45) is -4.65. The summed E-state index contributed by atoms with van der Waals surface area (Å²) in [4.78, 5) is 0. The summed E-state index contributed by atoms with van der Waals surface area (Å²) in [5, 5.41) is 18.0. The van der Waals surface area contributed by atoms with Crippen molar-refractivity contribution in [3.8, 4) is 11.5 Å². The predicted octanol–water partition coefficient (Wildman–Crippen LogP) is 2.08. The lowest BCUT2D eigenvalue weighted by molar-refractivity contribution is -0.149. The molecule has 0 radical (unpaired) electrons. The zero-order valence-electron chi connectivity index (χ0n) is 7.32. The molecule has 86 valence electrons. The first-order valence-corrected chi connectivity index (χ1v) is 3.66. The second-order valence-corrected chi connectivity index (χ2v) is 2.76. The Bertz CT molecular complexity index is 343. The van der Waals surface area contributed by atoms with Gasteiger partial charge in [-0.3, -0.25) is 0 Å². The molecule has 1 aromatic carbocycles. The van der Waals surface area contributed by atoms with Crippen molar-refractivity contribution in [2.24, 2.45) is 5.73 Å². The molecule has 3 nitrogen and oxygen atoms in total. The number of aromatic hydroxyl groups is 2. The first-order valence-electron chi connectivity index (χ1n) is 3.66. The molecule has 0 aliphatic carbocycles. The Labute approximate surface area is 89.7 Å². The second kappa shape index (κ2) is 4.59. The highest BCUT2D eigenvalue weighted by molar-refractivity contribution is 5.85. The maximum atomic E-state index is 12.1. The van der Waals surface area contributed by atoms with E-state index in [2.05, 4.69) is 0 Å². The number of hydrogen-bond acceptors (Lipinski definition) is 3. The fraction of sp³-hybridized carbons (Fsp3) is 0.250. The van der Waals surface area contributed by atoms with E-state index in [0.29, 0.717) is 0 Å². The highest BCUT2D eigenvalue weighted by Crippen LogP contribution is 2.36. The third-order valence-electron chi connectivity index (χ3n) is 1.70. The lowest BCUT2D eigenvalue weighted by Crippen LogP contribution is -2.28. The number of phenols is 2. The van der Waals surface area contributed by atoms with Gasteiger partial charge in [-0.05, 0) is 18.2 Å². The maximum Gasteiger partial charge on any atom is 0.407 e. The van der Waals surface area contributed by atoms with Crippen LogP contribution in [-0.4, -0.2) is 16.4 Å². The van der Waals surface area contributed by atoms with Crippen LogP contribution >= 0.6 is 12.4 Å². The van der Waals surface area contributed by atoms with E-state index < -0.39 is 23.5 Å². The Balaban J connectivity index is 0.00000196. The van der Waals surface area contributed by atoms with Gasteiger partial charge in [0.15, 0.2) is 0 Å². The van der Waals surface area contributed by atoms with E-state index in [1.807, 2.05) is 0 Å². The van der Waals surface area contributed by atoms with Gasteiger partial charge in [0, 0.05) is 5.56 Å². The van der Waals surface area contributed by atoms with E-state index in [0.717, 1.165) is 18.2 Å². The van der Waals surface area contributed by atoms with Gasteiger partial charge < -0.3 is 15.9 Å². The van der Waals surface area contributed by atoms with E-state index in [1.165, 1.54) is 0 Å². The van der Waals surface area contributed by atoms with Crippen molar-refractivity contribution in [2.45, 2.75) is 12.2 Å². The smallest absolute Gasteiger partial charge is 0.407 e. The van der Waals surface area contributed by atoms with E-state index in [1.54, 1.807) is 0 Å². The van der Waals surface area contributed by atoms with E-state index in [9.17, 15) is 13.2 Å². The van der Waals surface area contributed by atoms with Gasteiger partial charge in [0.25, 0.3) is 0 Å². The van der Waals surface area contributed by atoms with Crippen molar-refractivity contribution >= 4 is 12.4 Å². The van der Waals surface area contributed by atoms with Crippen molar-refractivity contribution in [1.29, 1.82) is 0 Å². The number of phenolic OH excluding ortho intramolecular Hbond substituents is 2. The lowest BCUT2D eigenvalue weighted by Gasteiger charge is -2.16. The van der Waals surface area contributed by atoms with Gasteiger partial charge in [-0.2, -0.15) is 13.2 Å². The Kier molecular flexibility index (Phi) is 4.24. The molecule has 0 aromatic heterocycles. The summed E-state index contributed by atoms with van der Waals surface area (Å²) in [7, 11) is 0. The predicted molar refractivity (Wildman–Crippen MR) is 50.0 cm³/mol. The van der Waals surface area contributed by atoms with Crippen LogP contribution in [0.2, 0.25) is 0 Å². The van der Waals surface area contributed by atoms with Crippen molar-refractivity contribution in [3.63, 3.8) is 0 Å². The molecule has 0 heterocycles. The van der Waals surface area contributed by atoms with Crippen molar-refractivity contribution in [3.05, 3.63) is 23.8 Å². The molecule has 0 unspecified atom stereocenters. The van der Waals surface area contributed by atoms with Crippen molar-refractivity contribution < 1.29 is 23.4 Å². The van der Waals surface area contributed by atoms with E-state index in [-0.39, 0.29) is 18.2 Å². The summed E-state index contributed by atoms with van der Waals surface area (Å²) >= 11 is 0. The third-order valence-corrected chi connectivity index (χ3v) is 1.70. The minimum absolute atomic E-state index is 0. The second-order valence-electron chi connectivity index (χ2n) is 2.76. The lowest BCUT2D eigenvalue weighted by atomic mass is 10.1. The average molecular weight is 244 g/mol. The molecular formula is C8H9ClF3NO2. The fourth-order valence-electron chi connectivity index (χ4n) is 0.967. The van der Waals surface area contributed by atoms with Crippen LogP contribution in [0.3, 0.4) is 0 Å². The number of nitrogens with two attached hydrogens (primary N) is 1. The molecule has 0 saturated carbocycles. The number of benzene rings is 1. The van der Waals surface area contributed by atoms with E-state index >= 15 is 0 Å². The van der Waals surface area contributed by atoms with Crippen LogP contribution in [0, 0.1) is 0 Å². The Hall–Kier alpha value is -1.14. The van der Waals surface area contributed by atoms with Crippen LogP contribution in [0.1, 0.15) is 11.6 Å².